The van der Waals surface area contributed by atoms with Gasteiger partial charge in [0.1, 0.15) is 12.1 Å². The van der Waals surface area contributed by atoms with E-state index in [-0.39, 0.29) is 0 Å². The predicted molar refractivity (Wildman–Crippen MR) is 82.9 cm³/mol. The fraction of sp³-hybridized carbons (Fsp3) is 0.765. The van der Waals surface area contributed by atoms with Crippen molar-refractivity contribution in [1.29, 1.82) is 0 Å². The molecule has 2 atom stereocenters. The summed E-state index contributed by atoms with van der Waals surface area (Å²) >= 11 is 0. The molecule has 110 valence electrons. The minimum atomic E-state index is 0.920. The number of nitrogens with zero attached hydrogens (tertiary/aromatic N) is 2. The number of hydrogen-bond acceptors (Lipinski definition) is 3. The Kier molecular flexibility index (Phi) is 4.54. The average molecular weight is 273 g/mol. The number of hydrogen-bond donors (Lipinski definition) is 1. The zero-order valence-electron chi connectivity index (χ0n) is 12.7. The van der Waals surface area contributed by atoms with Gasteiger partial charge in [0.05, 0.1) is 0 Å². The summed E-state index contributed by atoms with van der Waals surface area (Å²) in [6.07, 6.45) is 13.6. The summed E-state index contributed by atoms with van der Waals surface area (Å²) in [7, 11) is 0. The van der Waals surface area contributed by atoms with Crippen LogP contribution in [0, 0.1) is 11.8 Å². The summed E-state index contributed by atoms with van der Waals surface area (Å²) < 4.78 is 0. The molecule has 20 heavy (non-hydrogen) atoms. The van der Waals surface area contributed by atoms with Crippen LogP contribution in [0.15, 0.2) is 6.33 Å². The summed E-state index contributed by atoms with van der Waals surface area (Å²) in [6, 6.07) is 0. The maximum absolute atomic E-state index is 4.47. The first kappa shape index (κ1) is 13.8. The van der Waals surface area contributed by atoms with Gasteiger partial charge in [0.25, 0.3) is 0 Å². The molecule has 0 saturated heterocycles. The lowest BCUT2D eigenvalue weighted by Gasteiger charge is -2.27. The van der Waals surface area contributed by atoms with Crippen molar-refractivity contribution in [3.8, 4) is 0 Å². The molecular formula is C17H27N3. The van der Waals surface area contributed by atoms with Crippen molar-refractivity contribution in [3.63, 3.8) is 0 Å². The van der Waals surface area contributed by atoms with E-state index in [1.807, 2.05) is 0 Å². The third-order valence-electron chi connectivity index (χ3n) is 5.01. The fourth-order valence-electron chi connectivity index (χ4n) is 3.89. The number of anilines is 1. The molecule has 1 fully saturated rings. The average Bonchev–Trinajstić information content (AvgIpc) is 2.48. The molecule has 1 aromatic rings. The standard InChI is InChI=1S/C17H27N3/c1-13-5-4-6-14(11-13)9-10-18-17-15-7-2-3-8-16(15)19-12-20-17/h12-14H,2-11H2,1H3,(H,18,19,20). The number of aromatic nitrogens is 2. The van der Waals surface area contributed by atoms with Gasteiger partial charge in [-0.1, -0.05) is 26.2 Å². The molecule has 3 rings (SSSR count). The molecule has 3 heteroatoms. The minimum Gasteiger partial charge on any atom is -0.370 e. The Morgan fingerprint density at radius 2 is 2.05 bits per heavy atom. The van der Waals surface area contributed by atoms with Gasteiger partial charge >= 0.3 is 0 Å². The van der Waals surface area contributed by atoms with Gasteiger partial charge in [0.15, 0.2) is 0 Å². The van der Waals surface area contributed by atoms with Crippen LogP contribution in [0.4, 0.5) is 5.82 Å². The van der Waals surface area contributed by atoms with Gasteiger partial charge in [0.2, 0.25) is 0 Å². The molecule has 2 aliphatic rings. The monoisotopic (exact) mass is 273 g/mol. The molecule has 3 nitrogen and oxygen atoms in total. The van der Waals surface area contributed by atoms with Crippen LogP contribution in [0.1, 0.15) is 63.1 Å². The molecule has 1 saturated carbocycles. The summed E-state index contributed by atoms with van der Waals surface area (Å²) in [4.78, 5) is 8.90. The van der Waals surface area contributed by atoms with E-state index < -0.39 is 0 Å². The van der Waals surface area contributed by atoms with Gasteiger partial charge < -0.3 is 5.32 Å². The molecule has 1 aromatic heterocycles. The van der Waals surface area contributed by atoms with Crippen molar-refractivity contribution in [2.75, 3.05) is 11.9 Å². The van der Waals surface area contributed by atoms with Gasteiger partial charge in [0, 0.05) is 17.8 Å². The lowest BCUT2D eigenvalue weighted by molar-refractivity contribution is 0.274. The van der Waals surface area contributed by atoms with E-state index in [0.717, 1.165) is 37.0 Å². The number of rotatable bonds is 4. The molecule has 0 spiro atoms. The first-order valence-corrected chi connectivity index (χ1v) is 8.39. The lowest BCUT2D eigenvalue weighted by Crippen LogP contribution is -2.18. The van der Waals surface area contributed by atoms with E-state index in [2.05, 4.69) is 22.2 Å². The molecule has 2 unspecified atom stereocenters. The maximum atomic E-state index is 4.47. The van der Waals surface area contributed by atoms with Crippen LogP contribution in [-0.4, -0.2) is 16.5 Å². The first-order chi connectivity index (χ1) is 9.83. The second-order valence-corrected chi connectivity index (χ2v) is 6.71. The Morgan fingerprint density at radius 1 is 1.15 bits per heavy atom. The SMILES string of the molecule is CC1CCCC(CCNc2ncnc3c2CCCC3)C1. The highest BCUT2D eigenvalue weighted by atomic mass is 15.0. The summed E-state index contributed by atoms with van der Waals surface area (Å²) in [6.45, 7) is 3.47. The highest BCUT2D eigenvalue weighted by molar-refractivity contribution is 5.46. The number of aryl methyl sites for hydroxylation is 1. The fourth-order valence-corrected chi connectivity index (χ4v) is 3.89. The Balaban J connectivity index is 1.53. The summed E-state index contributed by atoms with van der Waals surface area (Å²) in [5.41, 5.74) is 2.66. The van der Waals surface area contributed by atoms with Crippen LogP contribution in [0.3, 0.4) is 0 Å². The molecule has 1 heterocycles. The van der Waals surface area contributed by atoms with Crippen LogP contribution in [0.2, 0.25) is 0 Å². The van der Waals surface area contributed by atoms with Crippen LogP contribution in [0.5, 0.6) is 0 Å². The van der Waals surface area contributed by atoms with Crippen LogP contribution in [0.25, 0.3) is 0 Å². The highest BCUT2D eigenvalue weighted by Gasteiger charge is 2.19. The molecule has 0 radical (unpaired) electrons. The summed E-state index contributed by atoms with van der Waals surface area (Å²) in [5, 5.41) is 3.58. The van der Waals surface area contributed by atoms with Gasteiger partial charge in [-0.15, -0.1) is 0 Å². The van der Waals surface area contributed by atoms with Crippen LogP contribution < -0.4 is 5.32 Å². The Morgan fingerprint density at radius 3 is 2.95 bits per heavy atom. The molecular weight excluding hydrogens is 246 g/mol. The van der Waals surface area contributed by atoms with E-state index in [9.17, 15) is 0 Å². The summed E-state index contributed by atoms with van der Waals surface area (Å²) in [5.74, 6) is 2.96. The quantitative estimate of drug-likeness (QED) is 0.901. The molecule has 0 aliphatic heterocycles. The van der Waals surface area contributed by atoms with Crippen LogP contribution in [-0.2, 0) is 12.8 Å². The topological polar surface area (TPSA) is 37.8 Å². The van der Waals surface area contributed by atoms with Gasteiger partial charge in [-0.05, 0) is 50.4 Å². The van der Waals surface area contributed by atoms with Crippen molar-refractivity contribution in [3.05, 3.63) is 17.6 Å². The van der Waals surface area contributed by atoms with E-state index >= 15 is 0 Å². The van der Waals surface area contributed by atoms with E-state index in [1.165, 1.54) is 56.2 Å². The maximum Gasteiger partial charge on any atom is 0.132 e. The number of fused-ring (bicyclic) bond motifs is 1. The molecule has 0 bridgehead atoms. The van der Waals surface area contributed by atoms with E-state index in [0.29, 0.717) is 0 Å². The number of nitrogens with one attached hydrogen (secondary N) is 1. The predicted octanol–water partition coefficient (Wildman–Crippen LogP) is 3.98. The van der Waals surface area contributed by atoms with Crippen molar-refractivity contribution >= 4 is 5.82 Å². The third-order valence-corrected chi connectivity index (χ3v) is 5.01. The van der Waals surface area contributed by atoms with E-state index in [1.54, 1.807) is 6.33 Å². The zero-order chi connectivity index (χ0) is 13.8. The highest BCUT2D eigenvalue weighted by Crippen LogP contribution is 2.31. The smallest absolute Gasteiger partial charge is 0.132 e. The molecule has 0 aromatic carbocycles. The Labute approximate surface area is 122 Å². The molecule has 2 aliphatic carbocycles. The molecule has 1 N–H and O–H groups in total. The van der Waals surface area contributed by atoms with Gasteiger partial charge in [-0.25, -0.2) is 9.97 Å². The lowest BCUT2D eigenvalue weighted by atomic mass is 9.81. The normalized spacial score (nSPS) is 26.1. The van der Waals surface area contributed by atoms with Crippen molar-refractivity contribution in [1.82, 2.24) is 9.97 Å². The Bertz CT molecular complexity index is 444. The third kappa shape index (κ3) is 3.31. The van der Waals surface area contributed by atoms with Crippen LogP contribution >= 0.6 is 0 Å². The van der Waals surface area contributed by atoms with Gasteiger partial charge in [-0.3, -0.25) is 0 Å². The second-order valence-electron chi connectivity index (χ2n) is 6.71. The van der Waals surface area contributed by atoms with Crippen molar-refractivity contribution in [2.45, 2.75) is 64.7 Å². The van der Waals surface area contributed by atoms with E-state index in [4.69, 9.17) is 0 Å². The molecule has 0 amide bonds. The second kappa shape index (κ2) is 6.55. The van der Waals surface area contributed by atoms with Gasteiger partial charge in [-0.2, -0.15) is 0 Å². The Hall–Kier alpha value is -1.12. The first-order valence-electron chi connectivity index (χ1n) is 8.39. The zero-order valence-corrected chi connectivity index (χ0v) is 12.7. The minimum absolute atomic E-state index is 0.920. The van der Waals surface area contributed by atoms with Crippen molar-refractivity contribution in [2.24, 2.45) is 11.8 Å². The van der Waals surface area contributed by atoms with Crippen molar-refractivity contribution < 1.29 is 0 Å². The largest absolute Gasteiger partial charge is 0.370 e.